The lowest BCUT2D eigenvalue weighted by molar-refractivity contribution is -0.0329. The van der Waals surface area contributed by atoms with Crippen LogP contribution < -0.4 is 0 Å². The molecule has 1 spiro atoms. The first kappa shape index (κ1) is 23.2. The van der Waals surface area contributed by atoms with E-state index in [2.05, 4.69) is 27.7 Å². The zero-order valence-electron chi connectivity index (χ0n) is 20.9. The maximum atomic E-state index is 6.15. The molecule has 0 amide bonds. The number of hydrogen-bond donors (Lipinski definition) is 0. The summed E-state index contributed by atoms with van der Waals surface area (Å²) in [6, 6.07) is 0. The summed E-state index contributed by atoms with van der Waals surface area (Å²) in [5.74, 6) is 8.44. The van der Waals surface area contributed by atoms with Gasteiger partial charge >= 0.3 is 0 Å². The van der Waals surface area contributed by atoms with E-state index in [-0.39, 0.29) is 0 Å². The van der Waals surface area contributed by atoms with Crippen LogP contribution in [0.4, 0.5) is 0 Å². The second-order valence-corrected chi connectivity index (χ2v) is 13.2. The quantitative estimate of drug-likeness (QED) is 0.384. The summed E-state index contributed by atoms with van der Waals surface area (Å²) in [6.45, 7) is 10.5. The first-order chi connectivity index (χ1) is 14.4. The van der Waals surface area contributed by atoms with Gasteiger partial charge in [-0.15, -0.1) is 0 Å². The van der Waals surface area contributed by atoms with Gasteiger partial charge in [-0.05, 0) is 104 Å². The van der Waals surface area contributed by atoms with Gasteiger partial charge in [0.25, 0.3) is 0 Å². The van der Waals surface area contributed by atoms with Crippen molar-refractivity contribution in [2.45, 2.75) is 124 Å². The topological polar surface area (TPSA) is 0 Å². The van der Waals surface area contributed by atoms with E-state index in [0.717, 1.165) is 65.0 Å². The second kappa shape index (κ2) is 9.91. The molecule has 1 heteroatoms. The van der Waals surface area contributed by atoms with Gasteiger partial charge in [0.1, 0.15) is 0 Å². The molecule has 2 radical (unpaired) electrons. The Kier molecular flexibility index (Phi) is 7.67. The molecule has 0 aromatic rings. The first-order valence-electron chi connectivity index (χ1n) is 14.1. The smallest absolute Gasteiger partial charge is 0.0656 e. The van der Waals surface area contributed by atoms with Gasteiger partial charge in [0.2, 0.25) is 0 Å². The van der Waals surface area contributed by atoms with Gasteiger partial charge in [-0.1, -0.05) is 79.0 Å². The largest absolute Gasteiger partial charge is 0.0859 e. The Balaban J connectivity index is 1.53. The highest BCUT2D eigenvalue weighted by Gasteiger charge is 2.47. The highest BCUT2D eigenvalue weighted by atomic mass is 14.5. The molecule has 0 saturated heterocycles. The minimum atomic E-state index is 0.764. The van der Waals surface area contributed by atoms with Gasteiger partial charge in [-0.25, -0.2) is 0 Å². The van der Waals surface area contributed by atoms with Gasteiger partial charge < -0.3 is 0 Å². The van der Waals surface area contributed by atoms with Gasteiger partial charge in [0.15, 0.2) is 0 Å². The fourth-order valence-corrected chi connectivity index (χ4v) is 9.37. The lowest BCUT2D eigenvalue weighted by Crippen LogP contribution is -2.44. The molecule has 0 aromatic carbocycles. The molecule has 4 aliphatic carbocycles. The van der Waals surface area contributed by atoms with Crippen LogP contribution in [0.15, 0.2) is 0 Å². The normalized spacial score (nSPS) is 42.3. The summed E-state index contributed by atoms with van der Waals surface area (Å²) in [5, 5.41) is 0. The summed E-state index contributed by atoms with van der Waals surface area (Å²) in [4.78, 5) is 0. The summed E-state index contributed by atoms with van der Waals surface area (Å²) in [7, 11) is 6.15. The average molecular weight is 411 g/mol. The van der Waals surface area contributed by atoms with Crippen molar-refractivity contribution in [1.82, 2.24) is 0 Å². The Morgan fingerprint density at radius 1 is 0.733 bits per heavy atom. The van der Waals surface area contributed by atoms with Crippen molar-refractivity contribution in [1.29, 1.82) is 0 Å². The predicted molar refractivity (Wildman–Crippen MR) is 132 cm³/mol. The van der Waals surface area contributed by atoms with Crippen molar-refractivity contribution in [3.05, 3.63) is 0 Å². The van der Waals surface area contributed by atoms with E-state index in [1.807, 2.05) is 0 Å². The fourth-order valence-electron chi connectivity index (χ4n) is 9.37. The Morgan fingerprint density at radius 2 is 1.40 bits per heavy atom. The predicted octanol–water partition coefficient (Wildman–Crippen LogP) is 8.70. The van der Waals surface area contributed by atoms with Gasteiger partial charge in [0, 0.05) is 0 Å². The molecule has 0 nitrogen and oxygen atoms in total. The SMILES string of the molecule is [B]CC1CCCC([C@@H](C)C(C2CCCC(C)C2)[C@@H](C)C2CC(C)CC3(CCC3)C2)C1. The Labute approximate surface area is 190 Å². The minimum absolute atomic E-state index is 0.764. The van der Waals surface area contributed by atoms with Crippen molar-refractivity contribution in [3.8, 4) is 0 Å². The standard InChI is InChI=1S/C29H51B/c1-20-8-5-11-26(14-20)28(22(3)25-10-6-9-24(16-25)19-30)23(4)27-15-21(2)17-29(18-27)12-7-13-29/h20-28H,5-19H2,1-4H3/t20?,21?,22-,23+,24?,25?,26?,27?,28?/m1/s1. The molecule has 0 aromatic heterocycles. The molecule has 0 N–H and O–H groups in total. The third kappa shape index (κ3) is 5.01. The number of rotatable bonds is 6. The molecule has 0 heterocycles. The molecule has 170 valence electrons. The lowest BCUT2D eigenvalue weighted by Gasteiger charge is -2.54. The number of hydrogen-bond acceptors (Lipinski definition) is 0. The molecule has 4 saturated carbocycles. The second-order valence-electron chi connectivity index (χ2n) is 13.2. The van der Waals surface area contributed by atoms with E-state index in [1.54, 1.807) is 19.3 Å². The Morgan fingerprint density at radius 3 is 2.07 bits per heavy atom. The maximum absolute atomic E-state index is 6.15. The van der Waals surface area contributed by atoms with Crippen LogP contribution in [0.1, 0.15) is 118 Å². The monoisotopic (exact) mass is 410 g/mol. The summed E-state index contributed by atoms with van der Waals surface area (Å²) in [5.41, 5.74) is 0.764. The molecule has 7 unspecified atom stereocenters. The molecule has 30 heavy (non-hydrogen) atoms. The molecule has 4 fully saturated rings. The molecule has 4 rings (SSSR count). The Bertz CT molecular complexity index is 536. The van der Waals surface area contributed by atoms with Crippen LogP contribution in [0.3, 0.4) is 0 Å². The molecular weight excluding hydrogens is 359 g/mol. The molecule has 0 bridgehead atoms. The van der Waals surface area contributed by atoms with Crippen LogP contribution >= 0.6 is 0 Å². The summed E-state index contributed by atoms with van der Waals surface area (Å²) < 4.78 is 0. The molecule has 0 aliphatic heterocycles. The lowest BCUT2D eigenvalue weighted by atomic mass is 9.52. The minimum Gasteiger partial charge on any atom is -0.0859 e. The van der Waals surface area contributed by atoms with E-state index >= 15 is 0 Å². The van der Waals surface area contributed by atoms with Crippen LogP contribution in [0, 0.1) is 58.7 Å². The molecule has 9 atom stereocenters. The third-order valence-electron chi connectivity index (χ3n) is 11.0. The van der Waals surface area contributed by atoms with Gasteiger partial charge in [0.05, 0.1) is 7.85 Å². The van der Waals surface area contributed by atoms with Gasteiger partial charge in [-0.2, -0.15) is 0 Å². The first-order valence-corrected chi connectivity index (χ1v) is 14.1. The summed E-state index contributed by atoms with van der Waals surface area (Å²) in [6.07, 6.45) is 21.9. The zero-order valence-corrected chi connectivity index (χ0v) is 20.9. The Hall–Kier alpha value is 0.0649. The van der Waals surface area contributed by atoms with E-state index in [4.69, 9.17) is 7.85 Å². The van der Waals surface area contributed by atoms with Crippen LogP contribution in [-0.2, 0) is 0 Å². The third-order valence-corrected chi connectivity index (χ3v) is 11.0. The van der Waals surface area contributed by atoms with Crippen LogP contribution in [0.2, 0.25) is 6.32 Å². The van der Waals surface area contributed by atoms with Gasteiger partial charge in [-0.3, -0.25) is 0 Å². The highest BCUT2D eigenvalue weighted by molar-refractivity contribution is 6.08. The fraction of sp³-hybridized carbons (Fsp3) is 1.00. The van der Waals surface area contributed by atoms with Crippen LogP contribution in [0.25, 0.3) is 0 Å². The van der Waals surface area contributed by atoms with E-state index in [9.17, 15) is 0 Å². The van der Waals surface area contributed by atoms with E-state index in [0.29, 0.717) is 0 Å². The average Bonchev–Trinajstić information content (AvgIpc) is 2.72. The van der Waals surface area contributed by atoms with Crippen molar-refractivity contribution >= 4 is 7.85 Å². The highest BCUT2D eigenvalue weighted by Crippen LogP contribution is 2.58. The van der Waals surface area contributed by atoms with Crippen molar-refractivity contribution in [3.63, 3.8) is 0 Å². The maximum Gasteiger partial charge on any atom is 0.0656 e. The zero-order chi connectivity index (χ0) is 21.3. The van der Waals surface area contributed by atoms with E-state index in [1.165, 1.54) is 70.6 Å². The van der Waals surface area contributed by atoms with Crippen molar-refractivity contribution in [2.24, 2.45) is 58.7 Å². The molecule has 4 aliphatic rings. The van der Waals surface area contributed by atoms with Crippen LogP contribution in [-0.4, -0.2) is 7.85 Å². The van der Waals surface area contributed by atoms with Crippen molar-refractivity contribution in [2.75, 3.05) is 0 Å². The molecular formula is C29H51B. The van der Waals surface area contributed by atoms with Crippen LogP contribution in [0.5, 0.6) is 0 Å². The van der Waals surface area contributed by atoms with E-state index < -0.39 is 0 Å². The van der Waals surface area contributed by atoms with Crippen molar-refractivity contribution < 1.29 is 0 Å². The summed E-state index contributed by atoms with van der Waals surface area (Å²) >= 11 is 0.